The van der Waals surface area contributed by atoms with E-state index in [1.165, 1.54) is 26.4 Å². The molecule has 0 unspecified atom stereocenters. The predicted octanol–water partition coefficient (Wildman–Crippen LogP) is 3.41. The lowest BCUT2D eigenvalue weighted by atomic mass is 10.1. The number of hydrogen-bond acceptors (Lipinski definition) is 4. The van der Waals surface area contributed by atoms with E-state index in [0.29, 0.717) is 0 Å². The Kier molecular flexibility index (Phi) is 10.4. The number of rotatable bonds is 10. The van der Waals surface area contributed by atoms with Crippen LogP contribution < -0.4 is 0 Å². The molecule has 0 fully saturated rings. The van der Waals surface area contributed by atoms with Crippen molar-refractivity contribution in [3.05, 3.63) is 11.8 Å². The van der Waals surface area contributed by atoms with Crippen molar-refractivity contribution in [2.75, 3.05) is 13.9 Å². The molecule has 0 spiro atoms. The molecule has 0 aromatic rings. The molecule has 0 rings (SSSR count). The van der Waals surface area contributed by atoms with Crippen LogP contribution in [0.3, 0.4) is 0 Å². The highest BCUT2D eigenvalue weighted by Crippen LogP contribution is 2.09. The quantitative estimate of drug-likeness (QED) is 0.198. The Hall–Kier alpha value is -1.03. The van der Waals surface area contributed by atoms with Crippen LogP contribution in [-0.2, 0) is 19.0 Å². The molecule has 18 heavy (non-hydrogen) atoms. The summed E-state index contributed by atoms with van der Waals surface area (Å²) < 4.78 is 15.1. The van der Waals surface area contributed by atoms with Crippen molar-refractivity contribution in [3.8, 4) is 0 Å². The molecule has 106 valence electrons. The summed E-state index contributed by atoms with van der Waals surface area (Å²) in [5.41, 5.74) is 0. The van der Waals surface area contributed by atoms with E-state index in [1.807, 2.05) is 13.8 Å². The molecule has 0 aromatic heterocycles. The maximum atomic E-state index is 11.7. The van der Waals surface area contributed by atoms with Crippen molar-refractivity contribution in [1.82, 2.24) is 0 Å². The molecule has 0 heterocycles. The van der Waals surface area contributed by atoms with E-state index in [0.717, 1.165) is 12.8 Å². The average molecular weight is 258 g/mol. The van der Waals surface area contributed by atoms with E-state index in [4.69, 9.17) is 14.2 Å². The van der Waals surface area contributed by atoms with Gasteiger partial charge in [-0.3, -0.25) is 0 Å². The Balaban J connectivity index is 4.19. The monoisotopic (exact) mass is 258 g/mol. The first-order valence-electron chi connectivity index (χ1n) is 6.64. The van der Waals surface area contributed by atoms with E-state index < -0.39 is 5.97 Å². The number of unbranched alkanes of at least 4 members (excludes halogenated alkanes) is 4. The SMILES string of the molecule is CCCCCCC=C(OCOC)C(=O)OC(C)C. The smallest absolute Gasteiger partial charge is 0.373 e. The second kappa shape index (κ2) is 11.1. The molecule has 0 amide bonds. The van der Waals surface area contributed by atoms with Gasteiger partial charge in [0, 0.05) is 7.11 Å². The normalized spacial score (nSPS) is 11.7. The Labute approximate surface area is 110 Å². The van der Waals surface area contributed by atoms with Gasteiger partial charge in [0.25, 0.3) is 0 Å². The minimum atomic E-state index is -0.419. The van der Waals surface area contributed by atoms with Crippen molar-refractivity contribution >= 4 is 5.97 Å². The van der Waals surface area contributed by atoms with E-state index >= 15 is 0 Å². The maximum absolute atomic E-state index is 11.7. The maximum Gasteiger partial charge on any atom is 0.373 e. The third-order valence-corrected chi connectivity index (χ3v) is 2.26. The molecule has 0 saturated carbocycles. The van der Waals surface area contributed by atoms with Gasteiger partial charge in [0.2, 0.25) is 5.76 Å². The fraction of sp³-hybridized carbons (Fsp3) is 0.786. The van der Waals surface area contributed by atoms with Gasteiger partial charge in [-0.05, 0) is 32.8 Å². The van der Waals surface area contributed by atoms with Gasteiger partial charge in [0.05, 0.1) is 6.10 Å². The molecule has 0 radical (unpaired) electrons. The number of esters is 1. The van der Waals surface area contributed by atoms with Crippen molar-refractivity contribution in [2.24, 2.45) is 0 Å². The standard InChI is InChI=1S/C14H26O4/c1-5-6-7-8-9-10-13(17-11-16-4)14(15)18-12(2)3/h10,12H,5-9,11H2,1-4H3. The summed E-state index contributed by atoms with van der Waals surface area (Å²) in [5, 5.41) is 0. The predicted molar refractivity (Wildman–Crippen MR) is 71.0 cm³/mol. The van der Waals surface area contributed by atoms with Gasteiger partial charge in [-0.1, -0.05) is 26.2 Å². The summed E-state index contributed by atoms with van der Waals surface area (Å²) in [7, 11) is 1.52. The second-order valence-electron chi connectivity index (χ2n) is 4.42. The number of ether oxygens (including phenoxy) is 3. The zero-order valence-electron chi connectivity index (χ0n) is 12.0. The lowest BCUT2D eigenvalue weighted by molar-refractivity contribution is -0.149. The second-order valence-corrected chi connectivity index (χ2v) is 4.42. The summed E-state index contributed by atoms with van der Waals surface area (Å²) in [5.74, 6) is -0.167. The van der Waals surface area contributed by atoms with Crippen molar-refractivity contribution in [3.63, 3.8) is 0 Å². The molecule has 4 nitrogen and oxygen atoms in total. The van der Waals surface area contributed by atoms with Crippen molar-refractivity contribution < 1.29 is 19.0 Å². The molecule has 0 aliphatic rings. The number of carbonyl (C=O) groups excluding carboxylic acids is 1. The first-order chi connectivity index (χ1) is 8.61. The van der Waals surface area contributed by atoms with Gasteiger partial charge in [-0.15, -0.1) is 0 Å². The topological polar surface area (TPSA) is 44.8 Å². The Morgan fingerprint density at radius 1 is 1.22 bits per heavy atom. The molecule has 0 aliphatic heterocycles. The molecular weight excluding hydrogens is 232 g/mol. The lowest BCUT2D eigenvalue weighted by Crippen LogP contribution is -2.16. The molecule has 0 bridgehead atoms. The molecule has 0 aromatic carbocycles. The van der Waals surface area contributed by atoms with Crippen LogP contribution in [0.2, 0.25) is 0 Å². The van der Waals surface area contributed by atoms with Gasteiger partial charge in [0.1, 0.15) is 0 Å². The van der Waals surface area contributed by atoms with Crippen molar-refractivity contribution in [1.29, 1.82) is 0 Å². The Morgan fingerprint density at radius 2 is 1.94 bits per heavy atom. The highest BCUT2D eigenvalue weighted by atomic mass is 16.7. The minimum absolute atomic E-state index is 0.0635. The molecule has 0 aliphatic carbocycles. The fourth-order valence-corrected chi connectivity index (χ4v) is 1.40. The molecule has 4 heteroatoms. The minimum Gasteiger partial charge on any atom is -0.460 e. The zero-order valence-corrected chi connectivity index (χ0v) is 12.0. The first kappa shape index (κ1) is 17.0. The summed E-state index contributed by atoms with van der Waals surface area (Å²) in [4.78, 5) is 11.7. The number of methoxy groups -OCH3 is 1. The van der Waals surface area contributed by atoms with Crippen molar-refractivity contribution in [2.45, 2.75) is 59.0 Å². The average Bonchev–Trinajstić information content (AvgIpc) is 2.31. The van der Waals surface area contributed by atoms with Gasteiger partial charge in [0.15, 0.2) is 6.79 Å². The number of allylic oxidation sites excluding steroid dienone is 1. The summed E-state index contributed by atoms with van der Waals surface area (Å²) >= 11 is 0. The summed E-state index contributed by atoms with van der Waals surface area (Å²) in [6, 6.07) is 0. The molecule has 0 N–H and O–H groups in total. The third kappa shape index (κ3) is 9.05. The van der Waals surface area contributed by atoms with Crippen LogP contribution in [0.1, 0.15) is 52.9 Å². The molecular formula is C14H26O4. The zero-order chi connectivity index (χ0) is 13.8. The number of carbonyl (C=O) groups is 1. The van der Waals surface area contributed by atoms with Crippen LogP contribution in [0.5, 0.6) is 0 Å². The van der Waals surface area contributed by atoms with Crippen LogP contribution in [0.25, 0.3) is 0 Å². The van der Waals surface area contributed by atoms with Gasteiger partial charge in [-0.25, -0.2) is 4.79 Å². The van der Waals surface area contributed by atoms with Gasteiger partial charge in [-0.2, -0.15) is 0 Å². The summed E-state index contributed by atoms with van der Waals surface area (Å²) in [6.45, 7) is 5.86. The molecule has 0 atom stereocenters. The highest BCUT2D eigenvalue weighted by molar-refractivity contribution is 5.86. The first-order valence-corrected chi connectivity index (χ1v) is 6.64. The Morgan fingerprint density at radius 3 is 2.50 bits per heavy atom. The molecule has 0 saturated heterocycles. The largest absolute Gasteiger partial charge is 0.460 e. The van der Waals surface area contributed by atoms with Crippen LogP contribution in [0, 0.1) is 0 Å². The van der Waals surface area contributed by atoms with Gasteiger partial charge >= 0.3 is 5.97 Å². The van der Waals surface area contributed by atoms with E-state index in [-0.39, 0.29) is 18.7 Å². The van der Waals surface area contributed by atoms with E-state index in [2.05, 4.69) is 6.92 Å². The van der Waals surface area contributed by atoms with E-state index in [9.17, 15) is 4.79 Å². The fourth-order valence-electron chi connectivity index (χ4n) is 1.40. The van der Waals surface area contributed by atoms with Crippen LogP contribution in [0.4, 0.5) is 0 Å². The van der Waals surface area contributed by atoms with Crippen LogP contribution in [0.15, 0.2) is 11.8 Å². The van der Waals surface area contributed by atoms with Crippen LogP contribution >= 0.6 is 0 Å². The lowest BCUT2D eigenvalue weighted by Gasteiger charge is -2.11. The third-order valence-electron chi connectivity index (χ3n) is 2.26. The van der Waals surface area contributed by atoms with Gasteiger partial charge < -0.3 is 14.2 Å². The van der Waals surface area contributed by atoms with Crippen LogP contribution in [-0.4, -0.2) is 26.0 Å². The Bertz CT molecular complexity index is 246. The number of hydrogen-bond donors (Lipinski definition) is 0. The summed E-state index contributed by atoms with van der Waals surface area (Å²) in [6.07, 6.45) is 7.12. The highest BCUT2D eigenvalue weighted by Gasteiger charge is 2.13. The van der Waals surface area contributed by atoms with E-state index in [1.54, 1.807) is 6.08 Å².